The number of nitrogens with zero attached hydrogens (tertiary/aromatic N) is 1. The molecule has 0 spiro atoms. The molecule has 3 nitrogen and oxygen atoms in total. The normalized spacial score (nSPS) is 17.4. The van der Waals surface area contributed by atoms with Crippen molar-refractivity contribution < 1.29 is 0 Å². The topological polar surface area (TPSA) is 50.9 Å². The van der Waals surface area contributed by atoms with Crippen LogP contribution in [0.1, 0.15) is 31.2 Å². The first-order chi connectivity index (χ1) is 10.4. The van der Waals surface area contributed by atoms with Gasteiger partial charge in [-0.1, -0.05) is 31.0 Å². The molecule has 1 aromatic heterocycles. The molecule has 112 valence electrons. The Labute approximate surface area is 130 Å². The molecule has 21 heavy (non-hydrogen) atoms. The quantitative estimate of drug-likeness (QED) is 0.635. The zero-order valence-electron chi connectivity index (χ0n) is 12.3. The molecule has 4 heteroatoms. The molecule has 0 aliphatic heterocycles. The summed E-state index contributed by atoms with van der Waals surface area (Å²) in [5.74, 6) is 6.85. The first-order valence-corrected chi connectivity index (χ1v) is 8.82. The van der Waals surface area contributed by atoms with Gasteiger partial charge in [0.2, 0.25) is 0 Å². The van der Waals surface area contributed by atoms with Gasteiger partial charge in [-0.2, -0.15) is 11.8 Å². The molecule has 1 aromatic carbocycles. The summed E-state index contributed by atoms with van der Waals surface area (Å²) < 4.78 is 0. The first kappa shape index (κ1) is 14.8. The molecular weight excluding hydrogens is 278 g/mol. The van der Waals surface area contributed by atoms with Crippen molar-refractivity contribution in [2.45, 2.75) is 43.4 Å². The Morgan fingerprint density at radius 3 is 2.86 bits per heavy atom. The molecule has 0 radical (unpaired) electrons. The van der Waals surface area contributed by atoms with Crippen LogP contribution in [0, 0.1) is 0 Å². The number of hydrogen-bond acceptors (Lipinski definition) is 4. The summed E-state index contributed by atoms with van der Waals surface area (Å²) >= 11 is 2.08. The summed E-state index contributed by atoms with van der Waals surface area (Å²) in [7, 11) is 0. The molecule has 0 bridgehead atoms. The van der Waals surface area contributed by atoms with Crippen molar-refractivity contribution in [3.63, 3.8) is 0 Å². The smallest absolute Gasteiger partial charge is 0.0704 e. The van der Waals surface area contributed by atoms with Crippen LogP contribution in [0.4, 0.5) is 0 Å². The number of hydrazine groups is 1. The van der Waals surface area contributed by atoms with Crippen LogP contribution in [0.15, 0.2) is 36.5 Å². The number of nitrogens with one attached hydrogen (secondary N) is 1. The van der Waals surface area contributed by atoms with Crippen LogP contribution in [-0.4, -0.2) is 22.0 Å². The second-order valence-corrected chi connectivity index (χ2v) is 7.13. The van der Waals surface area contributed by atoms with Crippen LogP contribution in [-0.2, 0) is 6.42 Å². The number of hydrogen-bond donors (Lipinski definition) is 2. The van der Waals surface area contributed by atoms with Crippen molar-refractivity contribution >= 4 is 22.7 Å². The average Bonchev–Trinajstić information content (AvgIpc) is 3.05. The molecule has 0 saturated heterocycles. The fourth-order valence-electron chi connectivity index (χ4n) is 3.07. The lowest BCUT2D eigenvalue weighted by molar-refractivity contribution is 0.576. The zero-order valence-corrected chi connectivity index (χ0v) is 13.1. The molecule has 1 atom stereocenters. The summed E-state index contributed by atoms with van der Waals surface area (Å²) in [5, 5.41) is 2.08. The third-order valence-electron chi connectivity index (χ3n) is 4.28. The highest BCUT2D eigenvalue weighted by Crippen LogP contribution is 2.30. The van der Waals surface area contributed by atoms with Gasteiger partial charge in [-0.05, 0) is 37.0 Å². The minimum absolute atomic E-state index is 0.321. The Hall–Kier alpha value is -1.10. The Morgan fingerprint density at radius 2 is 2.05 bits per heavy atom. The number of para-hydroxylation sites is 1. The number of rotatable bonds is 6. The SMILES string of the molecule is NNC(CSC1CCCC1)Cc1ccnc2ccccc12. The third kappa shape index (κ3) is 3.76. The van der Waals surface area contributed by atoms with E-state index in [4.69, 9.17) is 5.84 Å². The number of thioether (sulfide) groups is 1. The lowest BCUT2D eigenvalue weighted by Gasteiger charge is -2.18. The molecule has 1 fully saturated rings. The first-order valence-electron chi connectivity index (χ1n) is 7.77. The van der Waals surface area contributed by atoms with Crippen molar-refractivity contribution in [1.82, 2.24) is 10.4 Å². The Balaban J connectivity index is 1.67. The Kier molecular flexibility index (Phi) is 5.12. The van der Waals surface area contributed by atoms with Crippen molar-refractivity contribution in [2.75, 3.05) is 5.75 Å². The number of fused-ring (bicyclic) bond motifs is 1. The van der Waals surface area contributed by atoms with Crippen LogP contribution in [0.5, 0.6) is 0 Å². The molecule has 1 unspecified atom stereocenters. The van der Waals surface area contributed by atoms with Gasteiger partial charge in [0.05, 0.1) is 5.52 Å². The molecule has 1 saturated carbocycles. The van der Waals surface area contributed by atoms with Gasteiger partial charge in [0, 0.05) is 28.6 Å². The molecular formula is C17H23N3S. The molecule has 1 aliphatic rings. The average molecular weight is 301 g/mol. The van der Waals surface area contributed by atoms with E-state index in [1.54, 1.807) is 0 Å². The van der Waals surface area contributed by atoms with E-state index in [0.717, 1.165) is 22.9 Å². The summed E-state index contributed by atoms with van der Waals surface area (Å²) in [5.41, 5.74) is 5.39. The molecule has 3 N–H and O–H groups in total. The standard InChI is InChI=1S/C17H23N3S/c18-20-14(12-21-15-5-1-2-6-15)11-13-9-10-19-17-8-4-3-7-16(13)17/h3-4,7-10,14-15,20H,1-2,5-6,11-12,18H2. The molecule has 1 heterocycles. The van der Waals surface area contributed by atoms with Gasteiger partial charge in [0.1, 0.15) is 0 Å². The van der Waals surface area contributed by atoms with E-state index in [1.807, 2.05) is 12.3 Å². The van der Waals surface area contributed by atoms with E-state index in [-0.39, 0.29) is 0 Å². The molecule has 3 rings (SSSR count). The highest BCUT2D eigenvalue weighted by molar-refractivity contribution is 7.99. The van der Waals surface area contributed by atoms with Crippen LogP contribution >= 0.6 is 11.8 Å². The lowest BCUT2D eigenvalue weighted by Crippen LogP contribution is -2.39. The van der Waals surface area contributed by atoms with E-state index in [0.29, 0.717) is 6.04 Å². The maximum absolute atomic E-state index is 5.77. The van der Waals surface area contributed by atoms with E-state index in [2.05, 4.69) is 46.4 Å². The minimum atomic E-state index is 0.321. The predicted molar refractivity (Wildman–Crippen MR) is 91.3 cm³/mol. The summed E-state index contributed by atoms with van der Waals surface area (Å²) in [6.07, 6.45) is 8.40. The lowest BCUT2D eigenvalue weighted by atomic mass is 10.0. The fourth-order valence-corrected chi connectivity index (χ4v) is 4.46. The van der Waals surface area contributed by atoms with Crippen molar-refractivity contribution in [3.8, 4) is 0 Å². The molecule has 1 aliphatic carbocycles. The van der Waals surface area contributed by atoms with Gasteiger partial charge in [0.25, 0.3) is 0 Å². The van der Waals surface area contributed by atoms with Gasteiger partial charge < -0.3 is 0 Å². The number of nitrogens with two attached hydrogens (primary N) is 1. The van der Waals surface area contributed by atoms with E-state index in [9.17, 15) is 0 Å². The highest BCUT2D eigenvalue weighted by Gasteiger charge is 2.18. The monoisotopic (exact) mass is 301 g/mol. The van der Waals surface area contributed by atoms with Crippen LogP contribution in [0.25, 0.3) is 10.9 Å². The minimum Gasteiger partial charge on any atom is -0.271 e. The van der Waals surface area contributed by atoms with Crippen molar-refractivity contribution in [3.05, 3.63) is 42.1 Å². The van der Waals surface area contributed by atoms with Gasteiger partial charge in [-0.25, -0.2) is 0 Å². The Morgan fingerprint density at radius 1 is 1.24 bits per heavy atom. The van der Waals surface area contributed by atoms with E-state index < -0.39 is 0 Å². The summed E-state index contributed by atoms with van der Waals surface area (Å²) in [4.78, 5) is 4.43. The van der Waals surface area contributed by atoms with E-state index >= 15 is 0 Å². The van der Waals surface area contributed by atoms with Crippen LogP contribution in [0.3, 0.4) is 0 Å². The third-order valence-corrected chi connectivity index (χ3v) is 5.81. The summed E-state index contributed by atoms with van der Waals surface area (Å²) in [6, 6.07) is 10.8. The van der Waals surface area contributed by atoms with Crippen LogP contribution < -0.4 is 11.3 Å². The van der Waals surface area contributed by atoms with Gasteiger partial charge in [0.15, 0.2) is 0 Å². The maximum atomic E-state index is 5.77. The van der Waals surface area contributed by atoms with Crippen molar-refractivity contribution in [1.29, 1.82) is 0 Å². The fraction of sp³-hybridized carbons (Fsp3) is 0.471. The van der Waals surface area contributed by atoms with Gasteiger partial charge >= 0.3 is 0 Å². The zero-order chi connectivity index (χ0) is 14.5. The van der Waals surface area contributed by atoms with E-state index in [1.165, 1.54) is 36.6 Å². The largest absolute Gasteiger partial charge is 0.271 e. The van der Waals surface area contributed by atoms with Crippen LogP contribution in [0.2, 0.25) is 0 Å². The van der Waals surface area contributed by atoms with Gasteiger partial charge in [-0.15, -0.1) is 0 Å². The maximum Gasteiger partial charge on any atom is 0.0704 e. The highest BCUT2D eigenvalue weighted by atomic mass is 32.2. The molecule has 0 amide bonds. The second-order valence-electron chi connectivity index (χ2n) is 5.79. The molecule has 2 aromatic rings. The predicted octanol–water partition coefficient (Wildman–Crippen LogP) is 3.29. The van der Waals surface area contributed by atoms with Gasteiger partial charge in [-0.3, -0.25) is 16.3 Å². The summed E-state index contributed by atoms with van der Waals surface area (Å²) in [6.45, 7) is 0. The number of pyridine rings is 1. The second kappa shape index (κ2) is 7.25. The number of benzene rings is 1. The number of aromatic nitrogens is 1. The van der Waals surface area contributed by atoms with Crippen molar-refractivity contribution in [2.24, 2.45) is 5.84 Å². The Bertz CT molecular complexity index is 576.